The molecule has 0 unspecified atom stereocenters. The van der Waals surface area contributed by atoms with Gasteiger partial charge < -0.3 is 9.31 Å². The summed E-state index contributed by atoms with van der Waals surface area (Å²) in [5.41, 5.74) is 1.24. The van der Waals surface area contributed by atoms with Gasteiger partial charge in [0, 0.05) is 0 Å². The number of nitrogens with zero attached hydrogens (tertiary/aromatic N) is 1. The van der Waals surface area contributed by atoms with Gasteiger partial charge in [0.25, 0.3) is 0 Å². The van der Waals surface area contributed by atoms with Crippen molar-refractivity contribution in [2.75, 3.05) is 0 Å². The molecule has 0 amide bonds. The average molecular weight is 280 g/mol. The number of hydrogen-bond acceptors (Lipinski definition) is 3. The molecule has 5 heteroatoms. The van der Waals surface area contributed by atoms with E-state index < -0.39 is 0 Å². The molecule has 3 nitrogen and oxygen atoms in total. The van der Waals surface area contributed by atoms with Gasteiger partial charge in [-0.2, -0.15) is 0 Å². The van der Waals surface area contributed by atoms with E-state index in [4.69, 9.17) is 20.9 Å². The van der Waals surface area contributed by atoms with Crippen molar-refractivity contribution in [1.29, 1.82) is 0 Å². The van der Waals surface area contributed by atoms with Gasteiger partial charge in [-0.3, -0.25) is 0 Å². The van der Waals surface area contributed by atoms with E-state index in [-0.39, 0.29) is 18.3 Å². The molecule has 0 N–H and O–H groups in total. The molecule has 1 aliphatic rings. The number of rotatable bonds is 2. The normalized spacial score (nSPS) is 21.3. The lowest BCUT2D eigenvalue weighted by Crippen LogP contribution is -2.41. The molecule has 19 heavy (non-hydrogen) atoms. The first-order valence-corrected chi connectivity index (χ1v) is 6.75. The summed E-state index contributed by atoms with van der Waals surface area (Å²) in [7, 11) is -0.355. The summed E-state index contributed by atoms with van der Waals surface area (Å²) in [6, 6.07) is 3.79. The highest BCUT2D eigenvalue weighted by Crippen LogP contribution is 2.36. The zero-order valence-corrected chi connectivity index (χ0v) is 12.8. The number of hydrogen-bond donors (Lipinski definition) is 0. The third kappa shape index (κ3) is 3.19. The van der Waals surface area contributed by atoms with Gasteiger partial charge in [0.2, 0.25) is 0 Å². The van der Waals surface area contributed by atoms with Crippen molar-refractivity contribution < 1.29 is 9.31 Å². The Hall–Kier alpha value is -0.835. The minimum atomic E-state index is -0.355. The van der Waals surface area contributed by atoms with Gasteiger partial charge >= 0.3 is 7.12 Å². The Labute approximate surface area is 120 Å². The highest BCUT2D eigenvalue weighted by molar-refractivity contribution is 6.52. The molecule has 102 valence electrons. The fourth-order valence-electron chi connectivity index (χ4n) is 1.88. The monoisotopic (exact) mass is 279 g/mol. The van der Waals surface area contributed by atoms with E-state index >= 15 is 0 Å². The molecule has 1 aromatic heterocycles. The van der Waals surface area contributed by atoms with Crippen molar-refractivity contribution in [1.82, 2.24) is 4.98 Å². The van der Waals surface area contributed by atoms with E-state index in [9.17, 15) is 0 Å². The Kier molecular flexibility index (Phi) is 3.78. The maximum absolute atomic E-state index is 5.93. The van der Waals surface area contributed by atoms with Crippen molar-refractivity contribution in [2.24, 2.45) is 0 Å². The van der Waals surface area contributed by atoms with Crippen molar-refractivity contribution in [2.45, 2.75) is 45.8 Å². The van der Waals surface area contributed by atoms with Crippen LogP contribution in [0.15, 0.2) is 18.1 Å². The van der Waals surface area contributed by atoms with Crippen LogP contribution in [0.5, 0.6) is 0 Å². The number of aryl methyl sites for hydroxylation is 1. The zero-order valence-electron chi connectivity index (χ0n) is 12.0. The Balaban J connectivity index is 2.12. The topological polar surface area (TPSA) is 31.4 Å². The third-order valence-electron chi connectivity index (χ3n) is 3.65. The average Bonchev–Trinajstić information content (AvgIpc) is 2.43. The second-order valence-electron chi connectivity index (χ2n) is 5.88. The van der Waals surface area contributed by atoms with E-state index in [1.54, 1.807) is 0 Å². The summed E-state index contributed by atoms with van der Waals surface area (Å²) in [6.07, 6.45) is 1.88. The quantitative estimate of drug-likeness (QED) is 0.611. The Morgan fingerprint density at radius 2 is 1.74 bits per heavy atom. The molecule has 0 spiro atoms. The molecule has 0 saturated carbocycles. The van der Waals surface area contributed by atoms with Gasteiger partial charge in [0.05, 0.1) is 16.9 Å². The predicted molar refractivity (Wildman–Crippen MR) is 79.1 cm³/mol. The van der Waals surface area contributed by atoms with Crippen LogP contribution in [0.25, 0.3) is 6.08 Å². The van der Waals surface area contributed by atoms with Crippen molar-refractivity contribution in [3.05, 3.63) is 34.5 Å². The minimum absolute atomic E-state index is 0.320. The van der Waals surface area contributed by atoms with Gasteiger partial charge in [-0.15, -0.1) is 0 Å². The van der Waals surface area contributed by atoms with E-state index in [0.717, 1.165) is 11.3 Å². The standard InChI is InChI=1S/C14H19BClNO2/c1-10-8-11(17-12(16)9-10)6-7-15-18-13(2,3)14(4,5)19-15/h6-9H,1-5H3/b7-6+. The second kappa shape index (κ2) is 4.93. The van der Waals surface area contributed by atoms with Crippen LogP contribution in [0, 0.1) is 6.92 Å². The van der Waals surface area contributed by atoms with Crippen LogP contribution in [-0.4, -0.2) is 23.3 Å². The fraction of sp³-hybridized carbons (Fsp3) is 0.500. The Bertz CT molecular complexity index is 478. The Morgan fingerprint density at radius 1 is 1.16 bits per heavy atom. The van der Waals surface area contributed by atoms with Gasteiger partial charge in [0.15, 0.2) is 0 Å². The first-order chi connectivity index (χ1) is 8.69. The highest BCUT2D eigenvalue weighted by Gasteiger charge is 2.49. The molecular formula is C14H19BClNO2. The molecule has 2 heterocycles. The van der Waals surface area contributed by atoms with Crippen LogP contribution in [0.3, 0.4) is 0 Å². The zero-order chi connectivity index (χ0) is 14.3. The molecule has 2 rings (SSSR count). The lowest BCUT2D eigenvalue weighted by molar-refractivity contribution is 0.00578. The molecule has 0 aliphatic carbocycles. The number of aromatic nitrogens is 1. The molecule has 1 aliphatic heterocycles. The summed E-state index contributed by atoms with van der Waals surface area (Å²) in [6.45, 7) is 10.1. The lowest BCUT2D eigenvalue weighted by atomic mass is 9.89. The molecule has 0 radical (unpaired) electrons. The number of pyridine rings is 1. The van der Waals surface area contributed by atoms with Gasteiger partial charge in [-0.25, -0.2) is 4.98 Å². The van der Waals surface area contributed by atoms with E-state index in [0.29, 0.717) is 5.15 Å². The van der Waals surface area contributed by atoms with E-state index in [1.165, 1.54) is 0 Å². The molecule has 0 atom stereocenters. The number of halogens is 1. The first kappa shape index (κ1) is 14.6. The van der Waals surface area contributed by atoms with Crippen molar-refractivity contribution in [3.8, 4) is 0 Å². The van der Waals surface area contributed by atoms with Crippen LogP contribution in [0.2, 0.25) is 5.15 Å². The van der Waals surface area contributed by atoms with Gasteiger partial charge in [-0.1, -0.05) is 17.6 Å². The van der Waals surface area contributed by atoms with Gasteiger partial charge in [-0.05, 0) is 58.4 Å². The van der Waals surface area contributed by atoms with Crippen LogP contribution >= 0.6 is 11.6 Å². The predicted octanol–water partition coefficient (Wildman–Crippen LogP) is 3.69. The maximum atomic E-state index is 5.93. The Morgan fingerprint density at radius 3 is 2.26 bits per heavy atom. The summed E-state index contributed by atoms with van der Waals surface area (Å²) in [5, 5.41) is 0.494. The molecule has 0 aromatic carbocycles. The summed E-state index contributed by atoms with van der Waals surface area (Å²) in [5.74, 6) is 1.87. The van der Waals surface area contributed by atoms with Crippen LogP contribution in [-0.2, 0) is 9.31 Å². The van der Waals surface area contributed by atoms with Crippen LogP contribution in [0.4, 0.5) is 0 Å². The molecule has 1 fully saturated rings. The smallest absolute Gasteiger partial charge is 0.400 e. The molecule has 1 aromatic rings. The van der Waals surface area contributed by atoms with Crippen LogP contribution < -0.4 is 0 Å². The van der Waals surface area contributed by atoms with Crippen LogP contribution in [0.1, 0.15) is 39.0 Å². The van der Waals surface area contributed by atoms with E-state index in [2.05, 4.69) is 4.98 Å². The largest absolute Gasteiger partial charge is 0.487 e. The lowest BCUT2D eigenvalue weighted by Gasteiger charge is -2.32. The first-order valence-electron chi connectivity index (χ1n) is 6.38. The molecule has 1 saturated heterocycles. The summed E-state index contributed by atoms with van der Waals surface area (Å²) >= 11 is 5.93. The fourth-order valence-corrected chi connectivity index (χ4v) is 2.15. The van der Waals surface area contributed by atoms with Crippen molar-refractivity contribution in [3.63, 3.8) is 0 Å². The highest BCUT2D eigenvalue weighted by atomic mass is 35.5. The third-order valence-corrected chi connectivity index (χ3v) is 3.85. The SMILES string of the molecule is Cc1cc(Cl)nc(/C=C/B2OC(C)(C)C(C)(C)O2)c1. The molecule has 0 bridgehead atoms. The minimum Gasteiger partial charge on any atom is -0.400 e. The second-order valence-corrected chi connectivity index (χ2v) is 6.26. The summed E-state index contributed by atoms with van der Waals surface area (Å²) in [4.78, 5) is 4.24. The summed E-state index contributed by atoms with van der Waals surface area (Å²) < 4.78 is 11.8. The van der Waals surface area contributed by atoms with Crippen molar-refractivity contribution >= 4 is 24.8 Å². The van der Waals surface area contributed by atoms with E-state index in [1.807, 2.05) is 58.8 Å². The molecular weight excluding hydrogens is 260 g/mol. The van der Waals surface area contributed by atoms with Gasteiger partial charge in [0.1, 0.15) is 5.15 Å². The maximum Gasteiger partial charge on any atom is 0.487 e.